The van der Waals surface area contributed by atoms with Crippen molar-refractivity contribution >= 4 is 15.9 Å². The first-order chi connectivity index (χ1) is 8.38. The van der Waals surface area contributed by atoms with Crippen molar-refractivity contribution in [1.29, 1.82) is 0 Å². The topological polar surface area (TPSA) is 101 Å². The molecule has 0 atom stereocenters. The molecule has 0 aromatic carbocycles. The molecule has 7 nitrogen and oxygen atoms in total. The van der Waals surface area contributed by atoms with Gasteiger partial charge in [0, 0.05) is 19.3 Å². The Morgan fingerprint density at radius 1 is 1.28 bits per heavy atom. The van der Waals surface area contributed by atoms with Crippen molar-refractivity contribution in [3.63, 3.8) is 0 Å². The van der Waals surface area contributed by atoms with Gasteiger partial charge in [-0.05, 0) is 13.3 Å². The number of amides is 1. The largest absolute Gasteiger partial charge is 0.351 e. The van der Waals surface area contributed by atoms with Crippen LogP contribution in [0.15, 0.2) is 12.4 Å². The van der Waals surface area contributed by atoms with E-state index in [1.807, 2.05) is 0 Å². The van der Waals surface area contributed by atoms with Crippen LogP contribution in [0.4, 0.5) is 0 Å². The van der Waals surface area contributed by atoms with E-state index in [1.54, 1.807) is 6.92 Å². The predicted octanol–water partition coefficient (Wildman–Crippen LogP) is -0.546. The van der Waals surface area contributed by atoms with Crippen molar-refractivity contribution in [2.24, 2.45) is 0 Å². The second-order valence-corrected chi connectivity index (χ2v) is 5.65. The Morgan fingerprint density at radius 3 is 2.56 bits per heavy atom. The summed E-state index contributed by atoms with van der Waals surface area (Å²) in [5.74, 6) is -0.318. The van der Waals surface area contributed by atoms with Gasteiger partial charge in [0.2, 0.25) is 10.0 Å². The van der Waals surface area contributed by atoms with Gasteiger partial charge in [0.15, 0.2) is 0 Å². The molecule has 0 saturated heterocycles. The third kappa shape index (κ3) is 5.69. The lowest BCUT2D eigenvalue weighted by Crippen LogP contribution is -2.29. The minimum Gasteiger partial charge on any atom is -0.351 e. The minimum atomic E-state index is -3.17. The van der Waals surface area contributed by atoms with E-state index >= 15 is 0 Å². The first-order valence-electron chi connectivity index (χ1n) is 5.40. The molecule has 1 amide bonds. The van der Waals surface area contributed by atoms with Crippen molar-refractivity contribution in [2.45, 2.75) is 13.3 Å². The smallest absolute Gasteiger partial charge is 0.271 e. The van der Waals surface area contributed by atoms with E-state index in [0.717, 1.165) is 11.9 Å². The van der Waals surface area contributed by atoms with Gasteiger partial charge < -0.3 is 5.32 Å². The summed E-state index contributed by atoms with van der Waals surface area (Å²) in [4.78, 5) is 19.5. The van der Waals surface area contributed by atoms with Gasteiger partial charge in [-0.15, -0.1) is 0 Å². The molecule has 1 heterocycles. The van der Waals surface area contributed by atoms with Crippen molar-refractivity contribution < 1.29 is 13.2 Å². The average molecular weight is 272 g/mol. The molecule has 0 saturated carbocycles. The van der Waals surface area contributed by atoms with Crippen LogP contribution in [0.25, 0.3) is 0 Å². The van der Waals surface area contributed by atoms with Crippen LogP contribution in [0.1, 0.15) is 22.6 Å². The normalized spacial score (nSPS) is 11.2. The van der Waals surface area contributed by atoms with Gasteiger partial charge in [0.1, 0.15) is 5.69 Å². The molecule has 18 heavy (non-hydrogen) atoms. The van der Waals surface area contributed by atoms with Crippen LogP contribution in [-0.2, 0) is 10.0 Å². The first-order valence-corrected chi connectivity index (χ1v) is 7.29. The molecule has 1 rings (SSSR count). The molecule has 2 N–H and O–H groups in total. The summed E-state index contributed by atoms with van der Waals surface area (Å²) in [6.45, 7) is 2.45. The minimum absolute atomic E-state index is 0.247. The zero-order chi connectivity index (χ0) is 13.6. The van der Waals surface area contributed by atoms with E-state index in [2.05, 4.69) is 20.0 Å². The summed E-state index contributed by atoms with van der Waals surface area (Å²) in [5, 5.41) is 2.63. The lowest BCUT2D eigenvalue weighted by Gasteiger charge is -2.05. The molecule has 0 bridgehead atoms. The maximum Gasteiger partial charge on any atom is 0.271 e. The highest BCUT2D eigenvalue weighted by Gasteiger charge is 2.06. The van der Waals surface area contributed by atoms with Gasteiger partial charge in [0.25, 0.3) is 5.91 Å². The molecule has 0 spiro atoms. The molecule has 100 valence electrons. The van der Waals surface area contributed by atoms with Crippen LogP contribution in [-0.4, -0.2) is 43.6 Å². The second kappa shape index (κ2) is 6.41. The zero-order valence-electron chi connectivity index (χ0n) is 10.3. The fourth-order valence-electron chi connectivity index (χ4n) is 1.15. The van der Waals surface area contributed by atoms with Gasteiger partial charge >= 0.3 is 0 Å². The molecule has 0 fully saturated rings. The van der Waals surface area contributed by atoms with Crippen LogP contribution in [0, 0.1) is 6.92 Å². The Balaban J connectivity index is 2.28. The number of nitrogens with zero attached hydrogens (tertiary/aromatic N) is 2. The third-order valence-electron chi connectivity index (χ3n) is 2.02. The highest BCUT2D eigenvalue weighted by atomic mass is 32.2. The zero-order valence-corrected chi connectivity index (χ0v) is 11.1. The van der Waals surface area contributed by atoms with E-state index in [0.29, 0.717) is 19.5 Å². The Hall–Kier alpha value is -1.54. The number of aromatic nitrogens is 2. The number of carbonyl (C=O) groups is 1. The highest BCUT2D eigenvalue weighted by Crippen LogP contribution is 1.93. The third-order valence-corrected chi connectivity index (χ3v) is 2.75. The molecular weight excluding hydrogens is 256 g/mol. The van der Waals surface area contributed by atoms with Gasteiger partial charge in [-0.1, -0.05) is 0 Å². The number of hydrogen-bond acceptors (Lipinski definition) is 5. The van der Waals surface area contributed by atoms with Crippen LogP contribution < -0.4 is 10.0 Å². The van der Waals surface area contributed by atoms with Crippen LogP contribution in [0.3, 0.4) is 0 Å². The maximum atomic E-state index is 11.6. The van der Waals surface area contributed by atoms with E-state index in [1.165, 1.54) is 12.4 Å². The number of hydrogen-bond donors (Lipinski definition) is 2. The van der Waals surface area contributed by atoms with Crippen molar-refractivity contribution in [3.05, 3.63) is 23.8 Å². The Morgan fingerprint density at radius 2 is 2.00 bits per heavy atom. The average Bonchev–Trinajstić information content (AvgIpc) is 2.27. The van der Waals surface area contributed by atoms with E-state index in [-0.39, 0.29) is 11.6 Å². The SMILES string of the molecule is Cc1cnc(C(=O)NCCCNS(C)(=O)=O)cn1. The number of aryl methyl sites for hydroxylation is 1. The summed E-state index contributed by atoms with van der Waals surface area (Å²) in [7, 11) is -3.17. The molecule has 0 radical (unpaired) electrons. The molecule has 1 aromatic rings. The van der Waals surface area contributed by atoms with Gasteiger partial charge in [-0.2, -0.15) is 0 Å². The molecule has 0 unspecified atom stereocenters. The molecule has 0 aliphatic heterocycles. The van der Waals surface area contributed by atoms with Crippen LogP contribution in [0.2, 0.25) is 0 Å². The molecule has 0 aliphatic carbocycles. The maximum absolute atomic E-state index is 11.6. The number of rotatable bonds is 6. The van der Waals surface area contributed by atoms with Crippen molar-refractivity contribution in [1.82, 2.24) is 20.0 Å². The number of carbonyl (C=O) groups excluding carboxylic acids is 1. The summed E-state index contributed by atoms with van der Waals surface area (Å²) in [5.41, 5.74) is 0.987. The number of nitrogens with one attached hydrogen (secondary N) is 2. The molecular formula is C10H16N4O3S. The Kier molecular flexibility index (Phi) is 5.17. The fourth-order valence-corrected chi connectivity index (χ4v) is 1.66. The molecule has 1 aromatic heterocycles. The standard InChI is InChI=1S/C10H16N4O3S/c1-8-6-13-9(7-12-8)10(15)11-4-3-5-14-18(2,16)17/h6-7,14H,3-5H2,1-2H3,(H,11,15). The molecule has 0 aliphatic rings. The monoisotopic (exact) mass is 272 g/mol. The van der Waals surface area contributed by atoms with E-state index in [9.17, 15) is 13.2 Å². The second-order valence-electron chi connectivity index (χ2n) is 3.82. The Bertz CT molecular complexity index is 498. The summed E-state index contributed by atoms with van der Waals surface area (Å²) in [6.07, 6.45) is 4.52. The van der Waals surface area contributed by atoms with E-state index in [4.69, 9.17) is 0 Å². The summed E-state index contributed by atoms with van der Waals surface area (Å²) < 4.78 is 23.9. The predicted molar refractivity (Wildman–Crippen MR) is 66.6 cm³/mol. The van der Waals surface area contributed by atoms with Crippen LogP contribution >= 0.6 is 0 Å². The summed E-state index contributed by atoms with van der Waals surface area (Å²) >= 11 is 0. The lowest BCUT2D eigenvalue weighted by atomic mass is 10.3. The van der Waals surface area contributed by atoms with Gasteiger partial charge in [-0.25, -0.2) is 18.1 Å². The molecule has 8 heteroatoms. The lowest BCUT2D eigenvalue weighted by molar-refractivity contribution is 0.0948. The van der Waals surface area contributed by atoms with Gasteiger partial charge in [-0.3, -0.25) is 9.78 Å². The highest BCUT2D eigenvalue weighted by molar-refractivity contribution is 7.88. The van der Waals surface area contributed by atoms with Gasteiger partial charge in [0.05, 0.1) is 18.1 Å². The van der Waals surface area contributed by atoms with Crippen molar-refractivity contribution in [3.8, 4) is 0 Å². The van der Waals surface area contributed by atoms with Crippen molar-refractivity contribution in [2.75, 3.05) is 19.3 Å². The number of sulfonamides is 1. The first kappa shape index (κ1) is 14.5. The summed E-state index contributed by atoms with van der Waals surface area (Å²) in [6, 6.07) is 0. The fraction of sp³-hybridized carbons (Fsp3) is 0.500. The van der Waals surface area contributed by atoms with E-state index < -0.39 is 10.0 Å². The quantitative estimate of drug-likeness (QED) is 0.677. The Labute approximate surface area is 106 Å². The van der Waals surface area contributed by atoms with Crippen LogP contribution in [0.5, 0.6) is 0 Å².